The van der Waals surface area contributed by atoms with Gasteiger partial charge in [-0.1, -0.05) is 18.2 Å². The number of carbonyl (C=O) groups excluding carboxylic acids is 2. The quantitative estimate of drug-likeness (QED) is 0.651. The number of benzene rings is 1. The molecule has 1 aliphatic rings. The van der Waals surface area contributed by atoms with E-state index in [1.165, 1.54) is 11.8 Å². The monoisotopic (exact) mass is 366 g/mol. The Morgan fingerprint density at radius 2 is 1.96 bits per heavy atom. The highest BCUT2D eigenvalue weighted by Crippen LogP contribution is 2.39. The molecule has 0 spiro atoms. The van der Waals surface area contributed by atoms with E-state index >= 15 is 0 Å². The normalized spacial score (nSPS) is 22.8. The van der Waals surface area contributed by atoms with Gasteiger partial charge in [0.05, 0.1) is 12.0 Å². The number of carboxylic acids is 1. The molecule has 25 heavy (non-hydrogen) atoms. The molecule has 0 radical (unpaired) electrons. The number of hydrogen-bond donors (Lipinski definition) is 3. The second-order valence-corrected chi connectivity index (χ2v) is 7.94. The maximum atomic E-state index is 12.4. The van der Waals surface area contributed by atoms with E-state index < -0.39 is 40.1 Å². The maximum absolute atomic E-state index is 12.4. The summed E-state index contributed by atoms with van der Waals surface area (Å²) in [5, 5.41) is 14.4. The summed E-state index contributed by atoms with van der Waals surface area (Å²) < 4.78 is 4.42. The number of hydrogen-bond acceptors (Lipinski definition) is 6. The van der Waals surface area contributed by atoms with E-state index in [0.717, 1.165) is 0 Å². The van der Waals surface area contributed by atoms with Crippen molar-refractivity contribution in [2.75, 3.05) is 6.61 Å². The average molecular weight is 366 g/mol. The van der Waals surface area contributed by atoms with Crippen molar-refractivity contribution in [2.45, 2.75) is 43.0 Å². The van der Waals surface area contributed by atoms with Crippen LogP contribution in [0.1, 0.15) is 31.1 Å². The van der Waals surface area contributed by atoms with E-state index in [2.05, 4.69) is 10.6 Å². The zero-order valence-electron chi connectivity index (χ0n) is 14.3. The van der Waals surface area contributed by atoms with E-state index in [4.69, 9.17) is 4.74 Å². The van der Waals surface area contributed by atoms with Crippen LogP contribution in [0.4, 0.5) is 0 Å². The van der Waals surface area contributed by atoms with Crippen LogP contribution in [0.3, 0.4) is 0 Å². The van der Waals surface area contributed by atoms with Crippen molar-refractivity contribution in [3.05, 3.63) is 35.9 Å². The lowest BCUT2D eigenvalue weighted by molar-refractivity contribution is -0.146. The molecule has 8 heteroatoms. The van der Waals surface area contributed by atoms with Gasteiger partial charge in [-0.15, -0.1) is 11.8 Å². The van der Waals surface area contributed by atoms with Gasteiger partial charge in [0.25, 0.3) is 5.91 Å². The molecular weight excluding hydrogens is 344 g/mol. The number of nitrogens with one attached hydrogen (secondary N) is 2. The molecule has 2 rings (SSSR count). The standard InChI is InChI=1S/C17H22N2O5S/c1-4-24-16(23)11(18-13(20)10-8-6-5-7-9-10)14-19-12(15(21)22)17(2,3)25-14/h5-9,11-12,14,19H,4H2,1-3H3,(H,18,20)(H,21,22)/t11-,12-,14+/m1/s1. The summed E-state index contributed by atoms with van der Waals surface area (Å²) in [7, 11) is 0. The molecule has 1 amide bonds. The Morgan fingerprint density at radius 1 is 1.32 bits per heavy atom. The Hall–Kier alpha value is -2.06. The second-order valence-electron chi connectivity index (χ2n) is 6.15. The molecular formula is C17H22N2O5S. The van der Waals surface area contributed by atoms with Crippen LogP contribution in [0.2, 0.25) is 0 Å². The number of esters is 1. The van der Waals surface area contributed by atoms with Gasteiger partial charge in [0.1, 0.15) is 6.04 Å². The van der Waals surface area contributed by atoms with Crippen LogP contribution in [0.25, 0.3) is 0 Å². The molecule has 0 aromatic heterocycles. The van der Waals surface area contributed by atoms with Gasteiger partial charge < -0.3 is 15.2 Å². The first-order valence-corrected chi connectivity index (χ1v) is 8.83. The number of thioether (sulfide) groups is 1. The summed E-state index contributed by atoms with van der Waals surface area (Å²) in [6.07, 6.45) is 0. The summed E-state index contributed by atoms with van der Waals surface area (Å²) >= 11 is 1.30. The zero-order valence-corrected chi connectivity index (χ0v) is 15.1. The van der Waals surface area contributed by atoms with Crippen LogP contribution in [0.15, 0.2) is 30.3 Å². The Balaban J connectivity index is 2.21. The third kappa shape index (κ3) is 4.52. The first-order valence-electron chi connectivity index (χ1n) is 7.95. The minimum Gasteiger partial charge on any atom is -0.480 e. The molecule has 0 bridgehead atoms. The fraction of sp³-hybridized carbons (Fsp3) is 0.471. The highest BCUT2D eigenvalue weighted by atomic mass is 32.2. The van der Waals surface area contributed by atoms with Gasteiger partial charge in [-0.05, 0) is 32.9 Å². The Morgan fingerprint density at radius 3 is 2.48 bits per heavy atom. The highest BCUT2D eigenvalue weighted by Gasteiger charge is 2.49. The van der Waals surface area contributed by atoms with Crippen molar-refractivity contribution in [1.29, 1.82) is 0 Å². The van der Waals surface area contributed by atoms with E-state index in [1.54, 1.807) is 51.1 Å². The van der Waals surface area contributed by atoms with Crippen molar-refractivity contribution in [1.82, 2.24) is 10.6 Å². The Labute approximate surface area is 150 Å². The Kier molecular flexibility index (Phi) is 6.07. The fourth-order valence-corrected chi connectivity index (χ4v) is 4.11. The number of ether oxygens (including phenoxy) is 1. The van der Waals surface area contributed by atoms with E-state index in [1.807, 2.05) is 0 Å². The molecule has 1 saturated heterocycles. The van der Waals surface area contributed by atoms with E-state index in [-0.39, 0.29) is 6.61 Å². The van der Waals surface area contributed by atoms with Crippen LogP contribution in [0.5, 0.6) is 0 Å². The molecule has 1 aliphatic heterocycles. The van der Waals surface area contributed by atoms with Crippen molar-refractivity contribution in [3.8, 4) is 0 Å². The molecule has 3 N–H and O–H groups in total. The molecule has 0 saturated carbocycles. The van der Waals surface area contributed by atoms with Crippen LogP contribution in [0, 0.1) is 0 Å². The van der Waals surface area contributed by atoms with Crippen molar-refractivity contribution in [2.24, 2.45) is 0 Å². The van der Waals surface area contributed by atoms with Crippen molar-refractivity contribution >= 4 is 29.6 Å². The Bertz CT molecular complexity index is 650. The summed E-state index contributed by atoms with van der Waals surface area (Å²) in [5.41, 5.74) is 0.411. The second kappa shape index (κ2) is 7.88. The molecule has 1 aromatic rings. The van der Waals surface area contributed by atoms with Crippen molar-refractivity contribution < 1.29 is 24.2 Å². The summed E-state index contributed by atoms with van der Waals surface area (Å²) in [6.45, 7) is 5.40. The molecule has 1 aromatic carbocycles. The minimum atomic E-state index is -1.00. The fourth-order valence-electron chi connectivity index (χ4n) is 2.63. The third-order valence-corrected chi connectivity index (χ3v) is 5.38. The predicted molar refractivity (Wildman–Crippen MR) is 94.3 cm³/mol. The molecule has 1 fully saturated rings. The summed E-state index contributed by atoms with van der Waals surface area (Å²) in [5.74, 6) is -2.02. The highest BCUT2D eigenvalue weighted by molar-refractivity contribution is 8.01. The topological polar surface area (TPSA) is 105 Å². The molecule has 1 heterocycles. The lowest BCUT2D eigenvalue weighted by Gasteiger charge is -2.23. The first-order chi connectivity index (χ1) is 11.8. The summed E-state index contributed by atoms with van der Waals surface area (Å²) in [4.78, 5) is 36.2. The van der Waals surface area contributed by atoms with Gasteiger partial charge in [0.15, 0.2) is 6.04 Å². The average Bonchev–Trinajstić information content (AvgIpc) is 2.88. The zero-order chi connectivity index (χ0) is 18.6. The number of rotatable bonds is 6. The first kappa shape index (κ1) is 19.3. The van der Waals surface area contributed by atoms with Crippen LogP contribution < -0.4 is 10.6 Å². The number of carboxylic acid groups (broad SMARTS) is 1. The lowest BCUT2D eigenvalue weighted by atomic mass is 10.0. The SMILES string of the molecule is CCOC(=O)[C@H](NC(=O)c1ccccc1)[C@H]1N[C@H](C(=O)O)C(C)(C)S1. The van der Waals surface area contributed by atoms with Crippen LogP contribution in [-0.4, -0.2) is 51.8 Å². The van der Waals surface area contributed by atoms with Crippen LogP contribution >= 0.6 is 11.8 Å². The molecule has 7 nitrogen and oxygen atoms in total. The molecule has 0 aliphatic carbocycles. The molecule has 136 valence electrons. The minimum absolute atomic E-state index is 0.166. The van der Waals surface area contributed by atoms with Gasteiger partial charge in [-0.2, -0.15) is 0 Å². The number of aliphatic carboxylic acids is 1. The lowest BCUT2D eigenvalue weighted by Crippen LogP contribution is -2.54. The maximum Gasteiger partial charge on any atom is 0.331 e. The number of carbonyl (C=O) groups is 3. The van der Waals surface area contributed by atoms with E-state index in [0.29, 0.717) is 5.56 Å². The third-order valence-electron chi connectivity index (χ3n) is 3.87. The molecule has 3 atom stereocenters. The molecule has 0 unspecified atom stereocenters. The van der Waals surface area contributed by atoms with Crippen molar-refractivity contribution in [3.63, 3.8) is 0 Å². The largest absolute Gasteiger partial charge is 0.480 e. The van der Waals surface area contributed by atoms with Gasteiger partial charge in [-0.25, -0.2) is 4.79 Å². The smallest absolute Gasteiger partial charge is 0.331 e. The summed E-state index contributed by atoms with van der Waals surface area (Å²) in [6, 6.07) is 6.66. The van der Waals surface area contributed by atoms with E-state index in [9.17, 15) is 19.5 Å². The van der Waals surface area contributed by atoms with Gasteiger partial charge in [0.2, 0.25) is 0 Å². The van der Waals surface area contributed by atoms with Gasteiger partial charge in [0, 0.05) is 10.3 Å². The van der Waals surface area contributed by atoms with Gasteiger partial charge in [-0.3, -0.25) is 14.9 Å². The number of amides is 1. The predicted octanol–water partition coefficient (Wildman–Crippen LogP) is 1.24. The van der Waals surface area contributed by atoms with Gasteiger partial charge >= 0.3 is 11.9 Å². The van der Waals surface area contributed by atoms with Crippen LogP contribution in [-0.2, 0) is 14.3 Å².